The summed E-state index contributed by atoms with van der Waals surface area (Å²) in [6, 6.07) is 5.71. The van der Waals surface area contributed by atoms with Gasteiger partial charge in [-0.2, -0.15) is 5.26 Å². The van der Waals surface area contributed by atoms with Gasteiger partial charge in [0, 0.05) is 5.56 Å². The van der Waals surface area contributed by atoms with E-state index in [1.54, 1.807) is 0 Å². The van der Waals surface area contributed by atoms with E-state index in [0.29, 0.717) is 12.8 Å². The van der Waals surface area contributed by atoms with Crippen LogP contribution < -0.4 is 0 Å². The SMILES string of the molecule is N#Cc1ccc(F)c(CS(=O)(=O)C2CCCC2)c1. The summed E-state index contributed by atoms with van der Waals surface area (Å²) in [5, 5.41) is 8.40. The number of sulfone groups is 1. The topological polar surface area (TPSA) is 57.9 Å². The average molecular weight is 267 g/mol. The maximum atomic E-state index is 13.5. The molecule has 0 aliphatic heterocycles. The Morgan fingerprint density at radius 1 is 1.33 bits per heavy atom. The van der Waals surface area contributed by atoms with Gasteiger partial charge in [0.2, 0.25) is 0 Å². The molecule has 1 saturated carbocycles. The fraction of sp³-hybridized carbons (Fsp3) is 0.462. The number of nitrogens with zero attached hydrogens (tertiary/aromatic N) is 1. The molecule has 0 aromatic heterocycles. The Kier molecular flexibility index (Phi) is 3.67. The molecule has 0 saturated heterocycles. The van der Waals surface area contributed by atoms with Crippen molar-refractivity contribution in [3.8, 4) is 6.07 Å². The van der Waals surface area contributed by atoms with Gasteiger partial charge in [0.15, 0.2) is 9.84 Å². The van der Waals surface area contributed by atoms with Crippen LogP contribution in [0.1, 0.15) is 36.8 Å². The molecular weight excluding hydrogens is 253 g/mol. The van der Waals surface area contributed by atoms with E-state index in [0.717, 1.165) is 18.9 Å². The van der Waals surface area contributed by atoms with E-state index in [1.807, 2.05) is 6.07 Å². The molecule has 96 valence electrons. The fourth-order valence-electron chi connectivity index (χ4n) is 2.34. The predicted octanol–water partition coefficient (Wildman–Crippen LogP) is 2.55. The summed E-state index contributed by atoms with van der Waals surface area (Å²) in [5.41, 5.74) is 0.383. The Hall–Kier alpha value is -1.41. The van der Waals surface area contributed by atoms with Crippen LogP contribution in [-0.4, -0.2) is 13.7 Å². The van der Waals surface area contributed by atoms with Crippen molar-refractivity contribution in [3.63, 3.8) is 0 Å². The van der Waals surface area contributed by atoms with E-state index in [1.165, 1.54) is 12.1 Å². The van der Waals surface area contributed by atoms with Crippen molar-refractivity contribution in [2.75, 3.05) is 0 Å². The molecule has 1 aromatic rings. The van der Waals surface area contributed by atoms with Gasteiger partial charge in [0.25, 0.3) is 0 Å². The molecule has 1 fully saturated rings. The van der Waals surface area contributed by atoms with Gasteiger partial charge in [-0.1, -0.05) is 12.8 Å². The van der Waals surface area contributed by atoms with Crippen LogP contribution in [0.15, 0.2) is 18.2 Å². The van der Waals surface area contributed by atoms with Gasteiger partial charge in [-0.3, -0.25) is 0 Å². The first-order valence-electron chi connectivity index (χ1n) is 5.93. The Morgan fingerprint density at radius 2 is 2.00 bits per heavy atom. The summed E-state index contributed by atoms with van der Waals surface area (Å²) in [4.78, 5) is 0. The van der Waals surface area contributed by atoms with Gasteiger partial charge in [0.1, 0.15) is 5.82 Å². The molecule has 18 heavy (non-hydrogen) atoms. The lowest BCUT2D eigenvalue weighted by atomic mass is 10.1. The van der Waals surface area contributed by atoms with Crippen LogP contribution >= 0.6 is 0 Å². The highest BCUT2D eigenvalue weighted by molar-refractivity contribution is 7.91. The second-order valence-electron chi connectivity index (χ2n) is 4.63. The summed E-state index contributed by atoms with van der Waals surface area (Å²) in [5.74, 6) is -0.866. The minimum atomic E-state index is -3.31. The highest BCUT2D eigenvalue weighted by Gasteiger charge is 2.29. The summed E-state index contributed by atoms with van der Waals surface area (Å²) in [7, 11) is -3.31. The molecule has 0 spiro atoms. The standard InChI is InChI=1S/C13H14FNO2S/c14-13-6-5-10(8-15)7-11(13)9-18(16,17)12-3-1-2-4-12/h5-7,12H,1-4,9H2. The Morgan fingerprint density at radius 3 is 2.61 bits per heavy atom. The summed E-state index contributed by atoms with van der Waals surface area (Å²) in [6.45, 7) is 0. The Balaban J connectivity index is 2.26. The number of rotatable bonds is 3. The lowest BCUT2D eigenvalue weighted by Crippen LogP contribution is -2.20. The molecule has 0 bridgehead atoms. The average Bonchev–Trinajstić information content (AvgIpc) is 2.86. The quantitative estimate of drug-likeness (QED) is 0.845. The number of halogens is 1. The second-order valence-corrected chi connectivity index (χ2v) is 6.91. The highest BCUT2D eigenvalue weighted by atomic mass is 32.2. The maximum Gasteiger partial charge on any atom is 0.157 e. The van der Waals surface area contributed by atoms with E-state index < -0.39 is 15.7 Å². The lowest BCUT2D eigenvalue weighted by Gasteiger charge is -2.11. The van der Waals surface area contributed by atoms with Gasteiger partial charge in [-0.25, -0.2) is 12.8 Å². The van der Waals surface area contributed by atoms with Gasteiger partial charge < -0.3 is 0 Å². The van der Waals surface area contributed by atoms with Crippen molar-refractivity contribution in [3.05, 3.63) is 35.1 Å². The van der Waals surface area contributed by atoms with Crippen LogP contribution in [0.4, 0.5) is 4.39 Å². The van der Waals surface area contributed by atoms with E-state index in [9.17, 15) is 12.8 Å². The molecular formula is C13H14FNO2S. The maximum absolute atomic E-state index is 13.5. The largest absolute Gasteiger partial charge is 0.228 e. The van der Waals surface area contributed by atoms with E-state index in [4.69, 9.17) is 5.26 Å². The number of hydrogen-bond donors (Lipinski definition) is 0. The van der Waals surface area contributed by atoms with Crippen molar-refractivity contribution >= 4 is 9.84 Å². The molecule has 5 heteroatoms. The molecule has 0 atom stereocenters. The van der Waals surface area contributed by atoms with E-state index in [-0.39, 0.29) is 22.1 Å². The molecule has 1 aromatic carbocycles. The Labute approximate surface area is 106 Å². The fourth-order valence-corrected chi connectivity index (χ4v) is 4.28. The smallest absolute Gasteiger partial charge is 0.157 e. The van der Waals surface area contributed by atoms with Crippen molar-refractivity contribution in [2.45, 2.75) is 36.7 Å². The molecule has 0 N–H and O–H groups in total. The van der Waals surface area contributed by atoms with Gasteiger partial charge in [-0.05, 0) is 31.0 Å². The van der Waals surface area contributed by atoms with Crippen LogP contribution in [-0.2, 0) is 15.6 Å². The zero-order chi connectivity index (χ0) is 13.2. The number of nitriles is 1. The minimum absolute atomic E-state index is 0.0981. The zero-order valence-electron chi connectivity index (χ0n) is 9.89. The van der Waals surface area contributed by atoms with Crippen molar-refractivity contribution in [1.29, 1.82) is 5.26 Å². The van der Waals surface area contributed by atoms with Crippen LogP contribution in [0.5, 0.6) is 0 Å². The molecule has 0 unspecified atom stereocenters. The van der Waals surface area contributed by atoms with Crippen molar-refractivity contribution in [2.24, 2.45) is 0 Å². The number of benzene rings is 1. The minimum Gasteiger partial charge on any atom is -0.228 e. The summed E-state index contributed by atoms with van der Waals surface area (Å²) in [6.07, 6.45) is 3.18. The van der Waals surface area contributed by atoms with Gasteiger partial charge >= 0.3 is 0 Å². The predicted molar refractivity (Wildman–Crippen MR) is 66.0 cm³/mol. The molecule has 0 radical (unpaired) electrons. The second kappa shape index (κ2) is 5.07. The molecule has 1 aliphatic rings. The summed E-state index contributed by atoms with van der Waals surface area (Å²) >= 11 is 0. The van der Waals surface area contributed by atoms with Crippen LogP contribution in [0.2, 0.25) is 0 Å². The van der Waals surface area contributed by atoms with Crippen LogP contribution in [0.25, 0.3) is 0 Å². The summed E-state index contributed by atoms with van der Waals surface area (Å²) < 4.78 is 37.8. The van der Waals surface area contributed by atoms with Crippen LogP contribution in [0.3, 0.4) is 0 Å². The molecule has 0 amide bonds. The highest BCUT2D eigenvalue weighted by Crippen LogP contribution is 2.27. The molecule has 0 heterocycles. The zero-order valence-corrected chi connectivity index (χ0v) is 10.7. The number of hydrogen-bond acceptors (Lipinski definition) is 3. The van der Waals surface area contributed by atoms with Crippen molar-refractivity contribution < 1.29 is 12.8 Å². The molecule has 1 aliphatic carbocycles. The molecule has 3 nitrogen and oxygen atoms in total. The van der Waals surface area contributed by atoms with E-state index >= 15 is 0 Å². The third kappa shape index (κ3) is 2.70. The third-order valence-electron chi connectivity index (χ3n) is 3.34. The monoisotopic (exact) mass is 267 g/mol. The van der Waals surface area contributed by atoms with Crippen LogP contribution in [0, 0.1) is 17.1 Å². The first-order valence-corrected chi connectivity index (χ1v) is 7.64. The van der Waals surface area contributed by atoms with Crippen molar-refractivity contribution in [1.82, 2.24) is 0 Å². The normalized spacial score (nSPS) is 16.7. The Bertz CT molecular complexity index is 583. The van der Waals surface area contributed by atoms with Gasteiger partial charge in [-0.15, -0.1) is 0 Å². The first-order chi connectivity index (χ1) is 8.53. The van der Waals surface area contributed by atoms with Gasteiger partial charge in [0.05, 0.1) is 22.6 Å². The van der Waals surface area contributed by atoms with E-state index in [2.05, 4.69) is 0 Å². The molecule has 2 rings (SSSR count). The third-order valence-corrected chi connectivity index (χ3v) is 5.54. The lowest BCUT2D eigenvalue weighted by molar-refractivity contribution is 0.573. The first kappa shape index (κ1) is 13.0.